The van der Waals surface area contributed by atoms with Gasteiger partial charge in [-0.05, 0) is 0 Å². The van der Waals surface area contributed by atoms with Crippen molar-refractivity contribution in [3.05, 3.63) is 0 Å². The molecule has 0 bridgehead atoms. The lowest BCUT2D eigenvalue weighted by Crippen LogP contribution is -2.42. The second-order valence-corrected chi connectivity index (χ2v) is 2.35. The lowest BCUT2D eigenvalue weighted by molar-refractivity contribution is 0.390. The van der Waals surface area contributed by atoms with E-state index in [1.54, 1.807) is 4.90 Å². The molecule has 0 aliphatic carbocycles. The van der Waals surface area contributed by atoms with Crippen LogP contribution in [0.2, 0.25) is 0 Å². The Balaban J connectivity index is 2.58. The zero-order valence-corrected chi connectivity index (χ0v) is 6.04. The SMILES string of the molecule is N#CCN1CC(=N)N=C(N)C1. The van der Waals surface area contributed by atoms with Gasteiger partial charge in [0.25, 0.3) is 0 Å². The third kappa shape index (κ3) is 2.02. The van der Waals surface area contributed by atoms with Gasteiger partial charge in [0.1, 0.15) is 11.7 Å². The summed E-state index contributed by atoms with van der Waals surface area (Å²) in [6.07, 6.45) is 0. The zero-order valence-electron chi connectivity index (χ0n) is 6.04. The summed E-state index contributed by atoms with van der Waals surface area (Å²) >= 11 is 0. The summed E-state index contributed by atoms with van der Waals surface area (Å²) in [7, 11) is 0. The predicted octanol–water partition coefficient (Wildman–Crippen LogP) is -0.840. The molecular formula is C6H9N5. The molecule has 0 fully saturated rings. The molecule has 0 aromatic carbocycles. The third-order valence-corrected chi connectivity index (χ3v) is 1.33. The van der Waals surface area contributed by atoms with Gasteiger partial charge in [0.05, 0.1) is 25.7 Å². The molecule has 0 radical (unpaired) electrons. The van der Waals surface area contributed by atoms with Gasteiger partial charge < -0.3 is 5.73 Å². The molecule has 11 heavy (non-hydrogen) atoms. The van der Waals surface area contributed by atoms with E-state index >= 15 is 0 Å². The number of nitrogens with one attached hydrogen (secondary N) is 1. The molecule has 1 rings (SSSR count). The minimum absolute atomic E-state index is 0.226. The first kappa shape index (κ1) is 7.69. The highest BCUT2D eigenvalue weighted by Gasteiger charge is 2.14. The molecule has 0 unspecified atom stereocenters. The molecule has 0 saturated carbocycles. The second kappa shape index (κ2) is 3.12. The van der Waals surface area contributed by atoms with Crippen LogP contribution in [0, 0.1) is 16.7 Å². The normalized spacial score (nSPS) is 19.2. The average molecular weight is 151 g/mol. The fraction of sp³-hybridized carbons (Fsp3) is 0.500. The highest BCUT2D eigenvalue weighted by Crippen LogP contribution is 1.95. The van der Waals surface area contributed by atoms with Crippen molar-refractivity contribution < 1.29 is 0 Å². The minimum Gasteiger partial charge on any atom is -0.386 e. The van der Waals surface area contributed by atoms with Gasteiger partial charge in [-0.3, -0.25) is 10.3 Å². The number of nitrogens with zero attached hydrogens (tertiary/aromatic N) is 3. The van der Waals surface area contributed by atoms with Gasteiger partial charge in [-0.15, -0.1) is 0 Å². The Labute approximate surface area is 64.6 Å². The highest BCUT2D eigenvalue weighted by molar-refractivity contribution is 5.98. The number of aliphatic imine (C=N–C) groups is 1. The van der Waals surface area contributed by atoms with Crippen molar-refractivity contribution in [3.63, 3.8) is 0 Å². The van der Waals surface area contributed by atoms with Crippen molar-refractivity contribution in [3.8, 4) is 6.07 Å². The van der Waals surface area contributed by atoms with Crippen molar-refractivity contribution in [2.75, 3.05) is 19.6 Å². The quantitative estimate of drug-likeness (QED) is 0.479. The summed E-state index contributed by atoms with van der Waals surface area (Å²) in [5.41, 5.74) is 5.40. The highest BCUT2D eigenvalue weighted by atomic mass is 15.2. The van der Waals surface area contributed by atoms with Crippen LogP contribution in [0.1, 0.15) is 0 Å². The third-order valence-electron chi connectivity index (χ3n) is 1.33. The Kier molecular flexibility index (Phi) is 2.18. The Hall–Kier alpha value is -1.41. The molecule has 0 spiro atoms. The molecule has 1 heterocycles. The van der Waals surface area contributed by atoms with Crippen LogP contribution in [-0.4, -0.2) is 36.2 Å². The maximum atomic E-state index is 8.35. The molecule has 5 nitrogen and oxygen atoms in total. The fourth-order valence-electron chi connectivity index (χ4n) is 0.953. The van der Waals surface area contributed by atoms with E-state index in [0.717, 1.165) is 0 Å². The minimum atomic E-state index is 0.226. The predicted molar refractivity (Wildman–Crippen MR) is 41.4 cm³/mol. The molecule has 5 heteroatoms. The molecule has 0 atom stereocenters. The van der Waals surface area contributed by atoms with Crippen molar-refractivity contribution in [1.29, 1.82) is 10.7 Å². The Bertz CT molecular complexity index is 236. The molecule has 0 aromatic heterocycles. The summed E-state index contributed by atoms with van der Waals surface area (Å²) in [5.74, 6) is 0.639. The number of rotatable bonds is 1. The van der Waals surface area contributed by atoms with E-state index < -0.39 is 0 Å². The zero-order chi connectivity index (χ0) is 8.27. The Morgan fingerprint density at radius 1 is 1.73 bits per heavy atom. The lowest BCUT2D eigenvalue weighted by atomic mass is 10.3. The van der Waals surface area contributed by atoms with E-state index in [0.29, 0.717) is 25.5 Å². The lowest BCUT2D eigenvalue weighted by Gasteiger charge is -2.21. The first-order chi connectivity index (χ1) is 5.22. The van der Waals surface area contributed by atoms with E-state index in [1.165, 1.54) is 0 Å². The first-order valence-corrected chi connectivity index (χ1v) is 3.22. The van der Waals surface area contributed by atoms with Crippen LogP contribution in [0.15, 0.2) is 4.99 Å². The Morgan fingerprint density at radius 3 is 3.00 bits per heavy atom. The molecule has 0 saturated heterocycles. The van der Waals surface area contributed by atoms with Crippen LogP contribution in [0.5, 0.6) is 0 Å². The summed E-state index contributed by atoms with van der Waals surface area (Å²) in [6.45, 7) is 1.22. The van der Waals surface area contributed by atoms with E-state index in [1.807, 2.05) is 6.07 Å². The van der Waals surface area contributed by atoms with Gasteiger partial charge in [0.15, 0.2) is 0 Å². The number of nitrogens with two attached hydrogens (primary N) is 1. The van der Waals surface area contributed by atoms with Gasteiger partial charge in [-0.25, -0.2) is 4.99 Å². The van der Waals surface area contributed by atoms with E-state index in [9.17, 15) is 0 Å². The second-order valence-electron chi connectivity index (χ2n) is 2.35. The number of hydrogen-bond donors (Lipinski definition) is 2. The van der Waals surface area contributed by atoms with Gasteiger partial charge in [-0.1, -0.05) is 0 Å². The van der Waals surface area contributed by atoms with E-state index in [-0.39, 0.29) is 5.84 Å². The van der Waals surface area contributed by atoms with Crippen LogP contribution in [0.25, 0.3) is 0 Å². The van der Waals surface area contributed by atoms with Gasteiger partial charge in [0.2, 0.25) is 0 Å². The van der Waals surface area contributed by atoms with Crippen LogP contribution in [0.3, 0.4) is 0 Å². The van der Waals surface area contributed by atoms with Crippen molar-refractivity contribution in [2.45, 2.75) is 0 Å². The van der Waals surface area contributed by atoms with E-state index in [4.69, 9.17) is 16.4 Å². The molecule has 3 N–H and O–H groups in total. The molecule has 58 valence electrons. The number of hydrogen-bond acceptors (Lipinski definition) is 4. The maximum Gasteiger partial charge on any atom is 0.136 e. The van der Waals surface area contributed by atoms with Gasteiger partial charge in [-0.2, -0.15) is 5.26 Å². The summed E-state index contributed by atoms with van der Waals surface area (Å²) in [4.78, 5) is 5.51. The molecule has 0 aromatic rings. The van der Waals surface area contributed by atoms with Crippen molar-refractivity contribution in [1.82, 2.24) is 4.90 Å². The number of amidine groups is 2. The molecule has 0 amide bonds. The smallest absolute Gasteiger partial charge is 0.136 e. The molecular weight excluding hydrogens is 142 g/mol. The van der Waals surface area contributed by atoms with Gasteiger partial charge >= 0.3 is 0 Å². The van der Waals surface area contributed by atoms with Gasteiger partial charge in [0, 0.05) is 0 Å². The van der Waals surface area contributed by atoms with Crippen molar-refractivity contribution >= 4 is 11.7 Å². The average Bonchev–Trinajstić information content (AvgIpc) is 1.85. The summed E-state index contributed by atoms with van der Waals surface area (Å²) in [5, 5.41) is 15.6. The first-order valence-electron chi connectivity index (χ1n) is 3.22. The van der Waals surface area contributed by atoms with Crippen LogP contribution < -0.4 is 5.73 Å². The summed E-state index contributed by atoms with van der Waals surface area (Å²) < 4.78 is 0. The largest absolute Gasteiger partial charge is 0.386 e. The van der Waals surface area contributed by atoms with Crippen LogP contribution in [-0.2, 0) is 0 Å². The summed E-state index contributed by atoms with van der Waals surface area (Å²) in [6, 6.07) is 2.00. The molecule has 1 aliphatic rings. The monoisotopic (exact) mass is 151 g/mol. The van der Waals surface area contributed by atoms with Crippen LogP contribution >= 0.6 is 0 Å². The fourth-order valence-corrected chi connectivity index (χ4v) is 0.953. The van der Waals surface area contributed by atoms with Crippen LogP contribution in [0.4, 0.5) is 0 Å². The topological polar surface area (TPSA) is 89.3 Å². The van der Waals surface area contributed by atoms with Crippen molar-refractivity contribution in [2.24, 2.45) is 10.7 Å². The van der Waals surface area contributed by atoms with E-state index in [2.05, 4.69) is 4.99 Å². The standard InChI is InChI=1S/C6H9N5/c7-1-2-11-3-5(8)10-6(9)4-11/h2-4H2,(H3,8,9,10). The maximum absolute atomic E-state index is 8.35. The molecule has 1 aliphatic heterocycles. The Morgan fingerprint density at radius 2 is 2.45 bits per heavy atom. The number of nitriles is 1.